The molecule has 3 heterocycles. The maximum Gasteiger partial charge on any atom is 0.234 e. The average Bonchev–Trinajstić information content (AvgIpc) is 3.22. The Balaban J connectivity index is 1.46. The minimum absolute atomic E-state index is 0.579. The number of hydrogen-bond donors (Lipinski definition) is 1. The molecule has 2 aromatic heterocycles. The maximum absolute atomic E-state index is 4.78. The summed E-state index contributed by atoms with van der Waals surface area (Å²) in [6.45, 7) is 1.18. The molecule has 1 unspecified atom stereocenters. The van der Waals surface area contributed by atoms with E-state index in [4.69, 9.17) is 5.10 Å². The van der Waals surface area contributed by atoms with E-state index in [1.807, 2.05) is 4.52 Å². The van der Waals surface area contributed by atoms with Gasteiger partial charge in [-0.3, -0.25) is 0 Å². The third-order valence-electron chi connectivity index (χ3n) is 4.90. The van der Waals surface area contributed by atoms with Gasteiger partial charge in [-0.05, 0) is 38.6 Å². The molecule has 6 heteroatoms. The molecule has 2 fully saturated rings. The van der Waals surface area contributed by atoms with Gasteiger partial charge in [0, 0.05) is 18.4 Å². The van der Waals surface area contributed by atoms with Crippen LogP contribution in [0.2, 0.25) is 0 Å². The van der Waals surface area contributed by atoms with E-state index in [1.54, 1.807) is 11.3 Å². The highest BCUT2D eigenvalue weighted by Gasteiger charge is 2.24. The Kier molecular flexibility index (Phi) is 3.90. The molecule has 0 amide bonds. The molecule has 5 nitrogen and oxygen atoms in total. The fraction of sp³-hybridized carbons (Fsp3) is 0.800. The molecular weight excluding hydrogens is 282 g/mol. The second-order valence-electron chi connectivity index (χ2n) is 6.42. The monoisotopic (exact) mass is 305 g/mol. The Morgan fingerprint density at radius 2 is 1.95 bits per heavy atom. The zero-order valence-electron chi connectivity index (χ0n) is 12.4. The molecule has 1 aliphatic heterocycles. The lowest BCUT2D eigenvalue weighted by atomic mass is 10.0. The normalized spacial score (nSPS) is 24.1. The van der Waals surface area contributed by atoms with Crippen molar-refractivity contribution in [3.8, 4) is 0 Å². The summed E-state index contributed by atoms with van der Waals surface area (Å²) >= 11 is 1.72. The Hall–Kier alpha value is -1.01. The van der Waals surface area contributed by atoms with Crippen molar-refractivity contribution in [2.45, 2.75) is 69.7 Å². The molecule has 0 bridgehead atoms. The van der Waals surface area contributed by atoms with Gasteiger partial charge in [-0.1, -0.05) is 30.6 Å². The van der Waals surface area contributed by atoms with Gasteiger partial charge in [0.15, 0.2) is 5.82 Å². The van der Waals surface area contributed by atoms with Crippen molar-refractivity contribution in [3.05, 3.63) is 10.8 Å². The van der Waals surface area contributed by atoms with Gasteiger partial charge >= 0.3 is 0 Å². The largest absolute Gasteiger partial charge is 0.314 e. The number of nitrogens with zero attached hydrogens (tertiary/aromatic N) is 4. The first kappa shape index (κ1) is 13.6. The lowest BCUT2D eigenvalue weighted by Gasteiger charge is -2.22. The van der Waals surface area contributed by atoms with Crippen LogP contribution in [0.4, 0.5) is 0 Å². The first-order valence-corrected chi connectivity index (χ1v) is 9.16. The summed E-state index contributed by atoms with van der Waals surface area (Å²) in [5, 5.41) is 18.3. The van der Waals surface area contributed by atoms with E-state index in [9.17, 15) is 0 Å². The standard InChI is InChI=1S/C15H23N5S/c1-2-6-11(5-1)14-17-18-15-20(14)19-13(21-15)9-8-12-7-3-4-10-16-12/h11-12,16H,1-10H2. The first-order valence-electron chi connectivity index (χ1n) is 8.34. The van der Waals surface area contributed by atoms with E-state index in [0.29, 0.717) is 12.0 Å². The average molecular weight is 305 g/mol. The zero-order chi connectivity index (χ0) is 14.1. The lowest BCUT2D eigenvalue weighted by molar-refractivity contribution is 0.382. The van der Waals surface area contributed by atoms with E-state index in [2.05, 4.69) is 15.5 Å². The minimum atomic E-state index is 0.579. The Bertz CT molecular complexity index is 592. The number of piperidine rings is 1. The van der Waals surface area contributed by atoms with Crippen molar-refractivity contribution in [1.29, 1.82) is 0 Å². The minimum Gasteiger partial charge on any atom is -0.314 e. The van der Waals surface area contributed by atoms with Crippen LogP contribution in [0.3, 0.4) is 0 Å². The summed E-state index contributed by atoms with van der Waals surface area (Å²) in [5.41, 5.74) is 0. The molecule has 2 aromatic rings. The molecule has 0 aromatic carbocycles. The van der Waals surface area contributed by atoms with E-state index in [0.717, 1.165) is 17.2 Å². The van der Waals surface area contributed by atoms with Gasteiger partial charge in [-0.25, -0.2) is 0 Å². The smallest absolute Gasteiger partial charge is 0.234 e. The van der Waals surface area contributed by atoms with Gasteiger partial charge in [0.2, 0.25) is 4.96 Å². The summed E-state index contributed by atoms with van der Waals surface area (Å²) < 4.78 is 2.02. The highest BCUT2D eigenvalue weighted by Crippen LogP contribution is 2.33. The molecule has 1 N–H and O–H groups in total. The first-order chi connectivity index (χ1) is 10.4. The molecule has 21 heavy (non-hydrogen) atoms. The Morgan fingerprint density at radius 1 is 1.10 bits per heavy atom. The summed E-state index contributed by atoms with van der Waals surface area (Å²) in [6, 6.07) is 0.683. The molecule has 0 radical (unpaired) electrons. The second-order valence-corrected chi connectivity index (χ2v) is 7.46. The predicted molar refractivity (Wildman–Crippen MR) is 83.8 cm³/mol. The third-order valence-corrected chi connectivity index (χ3v) is 5.85. The van der Waals surface area contributed by atoms with Crippen molar-refractivity contribution < 1.29 is 0 Å². The van der Waals surface area contributed by atoms with E-state index in [-0.39, 0.29) is 0 Å². The number of nitrogens with one attached hydrogen (secondary N) is 1. The van der Waals surface area contributed by atoms with Gasteiger partial charge in [0.25, 0.3) is 0 Å². The van der Waals surface area contributed by atoms with Gasteiger partial charge in [-0.15, -0.1) is 10.2 Å². The van der Waals surface area contributed by atoms with Gasteiger partial charge in [0.1, 0.15) is 5.01 Å². The predicted octanol–water partition coefficient (Wildman–Crippen LogP) is 2.92. The van der Waals surface area contributed by atoms with Gasteiger partial charge in [0.05, 0.1) is 0 Å². The number of aryl methyl sites for hydroxylation is 1. The van der Waals surface area contributed by atoms with Gasteiger partial charge < -0.3 is 5.32 Å². The molecule has 1 saturated heterocycles. The third kappa shape index (κ3) is 2.83. The van der Waals surface area contributed by atoms with E-state index < -0.39 is 0 Å². The highest BCUT2D eigenvalue weighted by atomic mass is 32.1. The Labute approximate surface area is 129 Å². The van der Waals surface area contributed by atoms with Crippen LogP contribution in [0.15, 0.2) is 0 Å². The topological polar surface area (TPSA) is 55.1 Å². The SMILES string of the molecule is C1CCC(CCc2nn3c(C4CCCC4)nnc3s2)NC1. The van der Waals surface area contributed by atoms with Crippen molar-refractivity contribution in [2.75, 3.05) is 6.54 Å². The number of hydrogen-bond acceptors (Lipinski definition) is 5. The van der Waals surface area contributed by atoms with Crippen molar-refractivity contribution in [2.24, 2.45) is 0 Å². The number of aromatic nitrogens is 4. The highest BCUT2D eigenvalue weighted by molar-refractivity contribution is 7.16. The van der Waals surface area contributed by atoms with Crippen LogP contribution in [0.5, 0.6) is 0 Å². The molecular formula is C15H23N5S. The van der Waals surface area contributed by atoms with Crippen LogP contribution < -0.4 is 5.32 Å². The molecule has 114 valence electrons. The summed E-state index contributed by atoms with van der Waals surface area (Å²) in [6.07, 6.45) is 11.4. The van der Waals surface area contributed by atoms with Crippen LogP contribution in [-0.2, 0) is 6.42 Å². The van der Waals surface area contributed by atoms with E-state index >= 15 is 0 Å². The quantitative estimate of drug-likeness (QED) is 0.943. The van der Waals surface area contributed by atoms with Crippen molar-refractivity contribution in [3.63, 3.8) is 0 Å². The summed E-state index contributed by atoms with van der Waals surface area (Å²) in [7, 11) is 0. The van der Waals surface area contributed by atoms with Crippen LogP contribution in [-0.4, -0.2) is 32.4 Å². The fourth-order valence-electron chi connectivity index (χ4n) is 3.68. The molecule has 0 spiro atoms. The number of rotatable bonds is 4. The Morgan fingerprint density at radius 3 is 2.76 bits per heavy atom. The summed E-state index contributed by atoms with van der Waals surface area (Å²) in [5.74, 6) is 1.68. The van der Waals surface area contributed by atoms with Crippen LogP contribution in [0.1, 0.15) is 68.1 Å². The zero-order valence-corrected chi connectivity index (χ0v) is 13.2. The molecule has 4 rings (SSSR count). The number of fused-ring (bicyclic) bond motifs is 1. The fourth-order valence-corrected chi connectivity index (χ4v) is 4.54. The van der Waals surface area contributed by atoms with E-state index in [1.165, 1.54) is 62.9 Å². The molecule has 2 aliphatic rings. The molecule has 1 saturated carbocycles. The van der Waals surface area contributed by atoms with Crippen molar-refractivity contribution >= 4 is 16.3 Å². The maximum atomic E-state index is 4.78. The summed E-state index contributed by atoms with van der Waals surface area (Å²) in [4.78, 5) is 0.975. The van der Waals surface area contributed by atoms with Crippen LogP contribution in [0, 0.1) is 0 Å². The molecule has 1 atom stereocenters. The van der Waals surface area contributed by atoms with Crippen LogP contribution in [0.25, 0.3) is 4.96 Å². The second kappa shape index (κ2) is 6.01. The molecule has 1 aliphatic carbocycles. The van der Waals surface area contributed by atoms with Crippen LogP contribution >= 0.6 is 11.3 Å². The lowest BCUT2D eigenvalue weighted by Crippen LogP contribution is -2.34. The van der Waals surface area contributed by atoms with Gasteiger partial charge in [-0.2, -0.15) is 9.61 Å². The van der Waals surface area contributed by atoms with Crippen molar-refractivity contribution in [1.82, 2.24) is 25.1 Å².